The second-order valence-electron chi connectivity index (χ2n) is 3.23. The van der Waals surface area contributed by atoms with Crippen molar-refractivity contribution in [2.45, 2.75) is 6.42 Å². The number of hydrogen-bond acceptors (Lipinski definition) is 2. The summed E-state index contributed by atoms with van der Waals surface area (Å²) in [6, 6.07) is 4.24. The fourth-order valence-electron chi connectivity index (χ4n) is 1.16. The van der Waals surface area contributed by atoms with Gasteiger partial charge in [-0.05, 0) is 52.6 Å². The molecule has 0 aliphatic rings. The Morgan fingerprint density at radius 3 is 2.94 bits per heavy atom. The molecule has 0 bridgehead atoms. The van der Waals surface area contributed by atoms with Gasteiger partial charge in [-0.15, -0.1) is 0 Å². The predicted molar refractivity (Wildman–Crippen MR) is 69.4 cm³/mol. The molecule has 0 aliphatic carbocycles. The molecule has 1 amide bonds. The van der Waals surface area contributed by atoms with Crippen molar-refractivity contribution in [3.63, 3.8) is 0 Å². The molecule has 1 aromatic rings. The van der Waals surface area contributed by atoms with Crippen LogP contribution in [-0.4, -0.2) is 24.5 Å². The van der Waals surface area contributed by atoms with Crippen molar-refractivity contribution >= 4 is 33.6 Å². The summed E-state index contributed by atoms with van der Waals surface area (Å²) in [5, 5.41) is 2.78. The van der Waals surface area contributed by atoms with E-state index < -0.39 is 0 Å². The van der Waals surface area contributed by atoms with Crippen molar-refractivity contribution in [3.05, 3.63) is 34.1 Å². The number of carbonyl (C=O) groups is 1. The van der Waals surface area contributed by atoms with Gasteiger partial charge in [0.05, 0.1) is 4.47 Å². The van der Waals surface area contributed by atoms with Crippen LogP contribution in [0.2, 0.25) is 0 Å². The molecule has 0 radical (unpaired) electrons. The van der Waals surface area contributed by atoms with E-state index in [1.54, 1.807) is 11.8 Å². The Hall–Kier alpha value is -0.550. The van der Waals surface area contributed by atoms with E-state index >= 15 is 0 Å². The summed E-state index contributed by atoms with van der Waals surface area (Å²) in [5.41, 5.74) is 0.470. The lowest BCUT2D eigenvalue weighted by Crippen LogP contribution is -2.24. The van der Waals surface area contributed by atoms with E-state index in [0.717, 1.165) is 12.2 Å². The normalized spacial score (nSPS) is 10.2. The van der Waals surface area contributed by atoms with Gasteiger partial charge in [-0.2, -0.15) is 11.8 Å². The van der Waals surface area contributed by atoms with E-state index in [1.165, 1.54) is 18.2 Å². The monoisotopic (exact) mass is 305 g/mol. The number of benzene rings is 1. The lowest BCUT2D eigenvalue weighted by molar-refractivity contribution is 0.0953. The average Bonchev–Trinajstić information content (AvgIpc) is 2.28. The van der Waals surface area contributed by atoms with Gasteiger partial charge in [0.1, 0.15) is 5.82 Å². The van der Waals surface area contributed by atoms with E-state index in [2.05, 4.69) is 21.2 Å². The maximum atomic E-state index is 12.9. The number of rotatable bonds is 5. The van der Waals surface area contributed by atoms with Crippen molar-refractivity contribution in [1.82, 2.24) is 5.32 Å². The summed E-state index contributed by atoms with van der Waals surface area (Å²) >= 11 is 4.79. The Balaban J connectivity index is 2.50. The Morgan fingerprint density at radius 2 is 2.31 bits per heavy atom. The van der Waals surface area contributed by atoms with Crippen LogP contribution in [-0.2, 0) is 0 Å². The number of amides is 1. The van der Waals surface area contributed by atoms with Gasteiger partial charge >= 0.3 is 0 Å². The van der Waals surface area contributed by atoms with Gasteiger partial charge in [-0.25, -0.2) is 4.39 Å². The summed E-state index contributed by atoms with van der Waals surface area (Å²) in [4.78, 5) is 11.6. The number of hydrogen-bond donors (Lipinski definition) is 1. The third-order valence-corrected chi connectivity index (χ3v) is 3.30. The second-order valence-corrected chi connectivity index (χ2v) is 5.07. The summed E-state index contributed by atoms with van der Waals surface area (Å²) < 4.78 is 13.2. The molecule has 0 fully saturated rings. The van der Waals surface area contributed by atoms with Gasteiger partial charge in [-0.1, -0.05) is 0 Å². The first-order valence-electron chi connectivity index (χ1n) is 4.87. The fraction of sp³-hybridized carbons (Fsp3) is 0.364. The van der Waals surface area contributed by atoms with Gasteiger partial charge in [0.15, 0.2) is 0 Å². The van der Waals surface area contributed by atoms with Crippen LogP contribution in [0.4, 0.5) is 4.39 Å². The van der Waals surface area contributed by atoms with Crippen LogP contribution in [0.15, 0.2) is 22.7 Å². The van der Waals surface area contributed by atoms with Crippen molar-refractivity contribution in [3.8, 4) is 0 Å². The summed E-state index contributed by atoms with van der Waals surface area (Å²) in [6.07, 6.45) is 2.97. The maximum absolute atomic E-state index is 12.9. The van der Waals surface area contributed by atoms with Crippen LogP contribution in [0.25, 0.3) is 0 Å². The van der Waals surface area contributed by atoms with Gasteiger partial charge in [0.25, 0.3) is 5.91 Å². The first-order valence-corrected chi connectivity index (χ1v) is 7.06. The zero-order valence-electron chi connectivity index (χ0n) is 8.93. The van der Waals surface area contributed by atoms with Gasteiger partial charge in [-0.3, -0.25) is 4.79 Å². The minimum Gasteiger partial charge on any atom is -0.352 e. The second kappa shape index (κ2) is 6.91. The molecule has 0 aromatic heterocycles. The standard InChI is InChI=1S/C11H13BrFNOS/c1-16-6-2-5-14-11(15)8-3-4-10(13)9(12)7-8/h3-4,7H,2,5-6H2,1H3,(H,14,15). The van der Waals surface area contributed by atoms with Crippen LogP contribution in [0.5, 0.6) is 0 Å². The summed E-state index contributed by atoms with van der Waals surface area (Å²) in [6.45, 7) is 0.647. The molecule has 16 heavy (non-hydrogen) atoms. The zero-order chi connectivity index (χ0) is 12.0. The largest absolute Gasteiger partial charge is 0.352 e. The van der Waals surface area contributed by atoms with Crippen LogP contribution < -0.4 is 5.32 Å². The molecule has 2 nitrogen and oxygen atoms in total. The Morgan fingerprint density at radius 1 is 1.56 bits per heavy atom. The molecule has 1 N–H and O–H groups in total. The molecule has 0 saturated carbocycles. The third kappa shape index (κ3) is 4.14. The molecule has 0 heterocycles. The zero-order valence-corrected chi connectivity index (χ0v) is 11.3. The molecule has 1 rings (SSSR count). The molecule has 1 aromatic carbocycles. The van der Waals surface area contributed by atoms with Crippen molar-refractivity contribution in [1.29, 1.82) is 0 Å². The van der Waals surface area contributed by atoms with E-state index in [-0.39, 0.29) is 11.7 Å². The lowest BCUT2D eigenvalue weighted by atomic mass is 10.2. The highest BCUT2D eigenvalue weighted by atomic mass is 79.9. The molecule has 0 unspecified atom stereocenters. The molecular formula is C11H13BrFNOS. The Bertz CT molecular complexity index is 373. The fourth-order valence-corrected chi connectivity index (χ4v) is 1.97. The topological polar surface area (TPSA) is 29.1 Å². The lowest BCUT2D eigenvalue weighted by Gasteiger charge is -2.05. The summed E-state index contributed by atoms with van der Waals surface area (Å²) in [7, 11) is 0. The maximum Gasteiger partial charge on any atom is 0.251 e. The summed E-state index contributed by atoms with van der Waals surface area (Å²) in [5.74, 6) is 0.494. The van der Waals surface area contributed by atoms with Gasteiger partial charge < -0.3 is 5.32 Å². The first-order chi connectivity index (χ1) is 7.65. The van der Waals surface area contributed by atoms with Crippen LogP contribution in [0.1, 0.15) is 16.8 Å². The van der Waals surface area contributed by atoms with Crippen molar-refractivity contribution in [2.75, 3.05) is 18.6 Å². The quantitative estimate of drug-likeness (QED) is 0.847. The molecule has 5 heteroatoms. The minimum absolute atomic E-state index is 0.165. The highest BCUT2D eigenvalue weighted by Gasteiger charge is 2.07. The molecule has 0 aliphatic heterocycles. The highest BCUT2D eigenvalue weighted by Crippen LogP contribution is 2.16. The average molecular weight is 306 g/mol. The Kier molecular flexibility index (Phi) is 5.84. The van der Waals surface area contributed by atoms with Crippen LogP contribution >= 0.6 is 27.7 Å². The number of carbonyl (C=O) groups excluding carboxylic acids is 1. The van der Waals surface area contributed by atoms with Crippen molar-refractivity contribution < 1.29 is 9.18 Å². The van der Waals surface area contributed by atoms with Crippen molar-refractivity contribution in [2.24, 2.45) is 0 Å². The smallest absolute Gasteiger partial charge is 0.251 e. The molecule has 88 valence electrons. The van der Waals surface area contributed by atoms with Gasteiger partial charge in [0, 0.05) is 12.1 Å². The predicted octanol–water partition coefficient (Wildman–Crippen LogP) is 3.07. The number of halogens is 2. The van der Waals surface area contributed by atoms with Crippen LogP contribution in [0.3, 0.4) is 0 Å². The SMILES string of the molecule is CSCCCNC(=O)c1ccc(F)c(Br)c1. The van der Waals surface area contributed by atoms with Crippen LogP contribution in [0, 0.1) is 5.82 Å². The van der Waals surface area contributed by atoms with E-state index in [4.69, 9.17) is 0 Å². The number of nitrogens with one attached hydrogen (secondary N) is 1. The van der Waals surface area contributed by atoms with E-state index in [9.17, 15) is 9.18 Å². The third-order valence-electron chi connectivity index (χ3n) is 1.99. The van der Waals surface area contributed by atoms with Gasteiger partial charge in [0.2, 0.25) is 0 Å². The van der Waals surface area contributed by atoms with E-state index in [1.807, 2.05) is 6.26 Å². The minimum atomic E-state index is -0.362. The first kappa shape index (κ1) is 13.5. The number of thioether (sulfide) groups is 1. The molecule has 0 atom stereocenters. The molecule has 0 spiro atoms. The molecular weight excluding hydrogens is 293 g/mol. The van der Waals surface area contributed by atoms with E-state index in [0.29, 0.717) is 16.6 Å². The Labute approximate surface area is 107 Å². The molecule has 0 saturated heterocycles. The highest BCUT2D eigenvalue weighted by molar-refractivity contribution is 9.10.